The average molecular weight is 337 g/mol. The van der Waals surface area contributed by atoms with Gasteiger partial charge in [-0.3, -0.25) is 0 Å². The SMILES string of the molecule is COc1cc(C)ccc1Oc1cccc(Br)c1C(=O)O. The van der Waals surface area contributed by atoms with Crippen LogP contribution in [0.5, 0.6) is 17.2 Å². The maximum absolute atomic E-state index is 11.3. The van der Waals surface area contributed by atoms with Crippen molar-refractivity contribution in [3.63, 3.8) is 0 Å². The van der Waals surface area contributed by atoms with E-state index in [-0.39, 0.29) is 11.3 Å². The fourth-order valence-electron chi connectivity index (χ4n) is 1.77. The number of carboxylic acid groups (broad SMARTS) is 1. The standard InChI is InChI=1S/C15H13BrO4/c1-9-6-7-11(13(8-9)19-2)20-12-5-3-4-10(16)14(12)15(17)18/h3-8H,1-2H3,(H,17,18). The Morgan fingerprint density at radius 1 is 1.15 bits per heavy atom. The molecule has 20 heavy (non-hydrogen) atoms. The van der Waals surface area contributed by atoms with Gasteiger partial charge in [-0.15, -0.1) is 0 Å². The second-order valence-corrected chi connectivity index (χ2v) is 5.03. The van der Waals surface area contributed by atoms with Crippen molar-refractivity contribution in [3.05, 3.63) is 52.0 Å². The van der Waals surface area contributed by atoms with Gasteiger partial charge in [0.1, 0.15) is 11.3 Å². The van der Waals surface area contributed by atoms with Gasteiger partial charge in [0, 0.05) is 4.47 Å². The number of hydrogen-bond acceptors (Lipinski definition) is 3. The third kappa shape index (κ3) is 2.93. The number of carboxylic acids is 1. The molecule has 0 aliphatic carbocycles. The summed E-state index contributed by atoms with van der Waals surface area (Å²) < 4.78 is 11.4. The molecule has 0 saturated carbocycles. The Kier molecular flexibility index (Phi) is 4.29. The number of benzene rings is 2. The van der Waals surface area contributed by atoms with E-state index in [1.54, 1.807) is 31.4 Å². The number of hydrogen-bond donors (Lipinski definition) is 1. The molecule has 0 fully saturated rings. The van der Waals surface area contributed by atoms with Gasteiger partial charge in [-0.1, -0.05) is 12.1 Å². The summed E-state index contributed by atoms with van der Waals surface area (Å²) in [6.45, 7) is 1.94. The maximum Gasteiger partial charge on any atom is 0.340 e. The van der Waals surface area contributed by atoms with Crippen LogP contribution in [0, 0.1) is 6.92 Å². The zero-order chi connectivity index (χ0) is 14.7. The number of aromatic carboxylic acids is 1. The van der Waals surface area contributed by atoms with Gasteiger partial charge >= 0.3 is 5.97 Å². The van der Waals surface area contributed by atoms with E-state index < -0.39 is 5.97 Å². The number of halogens is 1. The zero-order valence-electron chi connectivity index (χ0n) is 11.0. The molecule has 0 bridgehead atoms. The second kappa shape index (κ2) is 5.96. The lowest BCUT2D eigenvalue weighted by Gasteiger charge is -2.13. The Morgan fingerprint density at radius 2 is 1.90 bits per heavy atom. The van der Waals surface area contributed by atoms with Crippen LogP contribution in [0.2, 0.25) is 0 Å². The lowest BCUT2D eigenvalue weighted by atomic mass is 10.2. The number of carbonyl (C=O) groups is 1. The van der Waals surface area contributed by atoms with Crippen molar-refractivity contribution in [2.24, 2.45) is 0 Å². The fourth-order valence-corrected chi connectivity index (χ4v) is 2.29. The van der Waals surface area contributed by atoms with Crippen LogP contribution in [-0.2, 0) is 0 Å². The quantitative estimate of drug-likeness (QED) is 0.906. The van der Waals surface area contributed by atoms with Crippen LogP contribution in [-0.4, -0.2) is 18.2 Å². The normalized spacial score (nSPS) is 10.2. The summed E-state index contributed by atoms with van der Waals surface area (Å²) >= 11 is 3.22. The fraction of sp³-hybridized carbons (Fsp3) is 0.133. The Balaban J connectivity index is 2.45. The lowest BCUT2D eigenvalue weighted by Crippen LogP contribution is -2.02. The minimum atomic E-state index is -1.06. The van der Waals surface area contributed by atoms with Crippen LogP contribution in [0.4, 0.5) is 0 Å². The first kappa shape index (κ1) is 14.4. The van der Waals surface area contributed by atoms with E-state index in [0.29, 0.717) is 16.0 Å². The molecule has 0 atom stereocenters. The zero-order valence-corrected chi connectivity index (χ0v) is 12.6. The Hall–Kier alpha value is -2.01. The van der Waals surface area contributed by atoms with E-state index in [9.17, 15) is 9.90 Å². The third-order valence-corrected chi connectivity index (χ3v) is 3.39. The van der Waals surface area contributed by atoms with Gasteiger partial charge in [0.2, 0.25) is 0 Å². The summed E-state index contributed by atoms with van der Waals surface area (Å²) in [6, 6.07) is 10.4. The number of ether oxygens (including phenoxy) is 2. The van der Waals surface area contributed by atoms with Crippen molar-refractivity contribution in [1.29, 1.82) is 0 Å². The summed E-state index contributed by atoms with van der Waals surface area (Å²) in [4.78, 5) is 11.3. The van der Waals surface area contributed by atoms with Crippen molar-refractivity contribution in [2.75, 3.05) is 7.11 Å². The predicted molar refractivity (Wildman–Crippen MR) is 78.9 cm³/mol. The van der Waals surface area contributed by atoms with Crippen LogP contribution in [0.15, 0.2) is 40.9 Å². The van der Waals surface area contributed by atoms with Gasteiger partial charge in [0.05, 0.1) is 7.11 Å². The van der Waals surface area contributed by atoms with E-state index >= 15 is 0 Å². The first-order valence-corrected chi connectivity index (χ1v) is 6.66. The van der Waals surface area contributed by atoms with Crippen LogP contribution < -0.4 is 9.47 Å². The van der Waals surface area contributed by atoms with Crippen LogP contribution in [0.25, 0.3) is 0 Å². The molecule has 4 nitrogen and oxygen atoms in total. The van der Waals surface area contributed by atoms with Crippen molar-refractivity contribution in [2.45, 2.75) is 6.92 Å². The van der Waals surface area contributed by atoms with Gasteiger partial charge in [-0.05, 0) is 52.7 Å². The topological polar surface area (TPSA) is 55.8 Å². The van der Waals surface area contributed by atoms with Crippen molar-refractivity contribution in [3.8, 4) is 17.2 Å². The minimum Gasteiger partial charge on any atom is -0.493 e. The van der Waals surface area contributed by atoms with Gasteiger partial charge in [-0.2, -0.15) is 0 Å². The molecule has 2 rings (SSSR count). The molecule has 0 amide bonds. The molecule has 0 radical (unpaired) electrons. The van der Waals surface area contributed by atoms with E-state index in [1.807, 2.05) is 19.1 Å². The smallest absolute Gasteiger partial charge is 0.340 e. The highest BCUT2D eigenvalue weighted by atomic mass is 79.9. The number of methoxy groups -OCH3 is 1. The predicted octanol–water partition coefficient (Wildman–Crippen LogP) is 4.26. The summed E-state index contributed by atoms with van der Waals surface area (Å²) in [7, 11) is 1.54. The number of aryl methyl sites for hydroxylation is 1. The molecule has 104 valence electrons. The highest BCUT2D eigenvalue weighted by Crippen LogP contribution is 2.35. The molecule has 5 heteroatoms. The van der Waals surface area contributed by atoms with Crippen LogP contribution in [0.3, 0.4) is 0 Å². The molecule has 0 saturated heterocycles. The van der Waals surface area contributed by atoms with Crippen molar-refractivity contribution >= 4 is 21.9 Å². The molecular weight excluding hydrogens is 324 g/mol. The number of rotatable bonds is 4. The maximum atomic E-state index is 11.3. The Morgan fingerprint density at radius 3 is 2.55 bits per heavy atom. The third-order valence-electron chi connectivity index (χ3n) is 2.73. The lowest BCUT2D eigenvalue weighted by molar-refractivity contribution is 0.0693. The minimum absolute atomic E-state index is 0.0788. The van der Waals surface area contributed by atoms with E-state index in [2.05, 4.69) is 15.9 Å². The van der Waals surface area contributed by atoms with Crippen LogP contribution >= 0.6 is 15.9 Å². The van der Waals surface area contributed by atoms with Crippen molar-refractivity contribution < 1.29 is 19.4 Å². The molecule has 0 spiro atoms. The molecule has 0 unspecified atom stereocenters. The van der Waals surface area contributed by atoms with E-state index in [1.165, 1.54) is 0 Å². The first-order chi connectivity index (χ1) is 9.52. The van der Waals surface area contributed by atoms with Gasteiger partial charge in [0.15, 0.2) is 11.5 Å². The van der Waals surface area contributed by atoms with Crippen molar-refractivity contribution in [1.82, 2.24) is 0 Å². The molecule has 1 N–H and O–H groups in total. The van der Waals surface area contributed by atoms with Gasteiger partial charge in [-0.25, -0.2) is 4.79 Å². The second-order valence-electron chi connectivity index (χ2n) is 4.17. The summed E-state index contributed by atoms with van der Waals surface area (Å²) in [5.74, 6) is 0.229. The first-order valence-electron chi connectivity index (χ1n) is 5.87. The highest BCUT2D eigenvalue weighted by molar-refractivity contribution is 9.10. The van der Waals surface area contributed by atoms with Gasteiger partial charge < -0.3 is 14.6 Å². The molecule has 0 aromatic heterocycles. The molecular formula is C15H13BrO4. The monoisotopic (exact) mass is 336 g/mol. The Bertz CT molecular complexity index is 652. The largest absolute Gasteiger partial charge is 0.493 e. The summed E-state index contributed by atoms with van der Waals surface area (Å²) in [5.41, 5.74) is 1.11. The summed E-state index contributed by atoms with van der Waals surface area (Å²) in [5, 5.41) is 9.25. The highest BCUT2D eigenvalue weighted by Gasteiger charge is 2.17. The molecule has 0 aliphatic rings. The van der Waals surface area contributed by atoms with Crippen LogP contribution in [0.1, 0.15) is 15.9 Å². The molecule has 2 aromatic rings. The summed E-state index contributed by atoms with van der Waals surface area (Å²) in [6.07, 6.45) is 0. The van der Waals surface area contributed by atoms with Gasteiger partial charge in [0.25, 0.3) is 0 Å². The molecule has 2 aromatic carbocycles. The molecule has 0 aliphatic heterocycles. The van der Waals surface area contributed by atoms with E-state index in [0.717, 1.165) is 5.56 Å². The average Bonchev–Trinajstić information content (AvgIpc) is 2.40. The van der Waals surface area contributed by atoms with E-state index in [4.69, 9.17) is 9.47 Å². The molecule has 0 heterocycles. The Labute approximate surface area is 125 Å².